The standard InChI is InChI=1S/C21H23N3O4/c1-14(2)12-17-20(26)24(21(27)23-17)13-19(25)22-16-10-6-7-11-18(16)28-15-8-4-3-5-9-15/h3-11,14,17H,12-13H2,1-2H3,(H,22,25)(H,23,27)/t17-/m0/s1. The molecular formula is C21H23N3O4. The first-order valence-corrected chi connectivity index (χ1v) is 9.17. The van der Waals surface area contributed by atoms with E-state index in [-0.39, 0.29) is 18.4 Å². The summed E-state index contributed by atoms with van der Waals surface area (Å²) >= 11 is 0. The summed E-state index contributed by atoms with van der Waals surface area (Å²) in [4.78, 5) is 37.8. The second-order valence-corrected chi connectivity index (χ2v) is 7.02. The second-order valence-electron chi connectivity index (χ2n) is 7.02. The van der Waals surface area contributed by atoms with Gasteiger partial charge in [-0.25, -0.2) is 4.79 Å². The lowest BCUT2D eigenvalue weighted by atomic mass is 10.0. The van der Waals surface area contributed by atoms with Crippen molar-refractivity contribution in [3.63, 3.8) is 0 Å². The van der Waals surface area contributed by atoms with Crippen LogP contribution >= 0.6 is 0 Å². The van der Waals surface area contributed by atoms with Crippen molar-refractivity contribution in [1.82, 2.24) is 10.2 Å². The van der Waals surface area contributed by atoms with E-state index in [0.29, 0.717) is 23.6 Å². The smallest absolute Gasteiger partial charge is 0.325 e. The third kappa shape index (κ3) is 4.68. The Labute approximate surface area is 163 Å². The number of nitrogens with zero attached hydrogens (tertiary/aromatic N) is 1. The van der Waals surface area contributed by atoms with Gasteiger partial charge in [-0.3, -0.25) is 14.5 Å². The van der Waals surface area contributed by atoms with Crippen LogP contribution in [0.5, 0.6) is 11.5 Å². The van der Waals surface area contributed by atoms with E-state index in [4.69, 9.17) is 4.74 Å². The average Bonchev–Trinajstić information content (AvgIpc) is 2.91. The fourth-order valence-electron chi connectivity index (χ4n) is 2.97. The molecule has 146 valence electrons. The predicted molar refractivity (Wildman–Crippen MR) is 105 cm³/mol. The summed E-state index contributed by atoms with van der Waals surface area (Å²) in [5.74, 6) is 0.511. The van der Waals surface area contributed by atoms with E-state index < -0.39 is 18.0 Å². The highest BCUT2D eigenvalue weighted by Crippen LogP contribution is 2.29. The summed E-state index contributed by atoms with van der Waals surface area (Å²) in [6.07, 6.45) is 0.538. The van der Waals surface area contributed by atoms with E-state index in [1.54, 1.807) is 36.4 Å². The van der Waals surface area contributed by atoms with Crippen LogP contribution < -0.4 is 15.4 Å². The molecule has 1 saturated heterocycles. The number of hydrogen-bond donors (Lipinski definition) is 2. The van der Waals surface area contributed by atoms with Crippen molar-refractivity contribution in [1.29, 1.82) is 0 Å². The summed E-state index contributed by atoms with van der Waals surface area (Å²) in [7, 11) is 0. The van der Waals surface area contributed by atoms with Gasteiger partial charge in [-0.15, -0.1) is 0 Å². The van der Waals surface area contributed by atoms with Crippen LogP contribution in [0.25, 0.3) is 0 Å². The van der Waals surface area contributed by atoms with E-state index >= 15 is 0 Å². The highest BCUT2D eigenvalue weighted by atomic mass is 16.5. The summed E-state index contributed by atoms with van der Waals surface area (Å²) in [5.41, 5.74) is 0.460. The van der Waals surface area contributed by atoms with Gasteiger partial charge in [0.05, 0.1) is 5.69 Å². The minimum Gasteiger partial charge on any atom is -0.455 e. The number of para-hydroxylation sites is 3. The van der Waals surface area contributed by atoms with Crippen molar-refractivity contribution in [3.05, 3.63) is 54.6 Å². The molecule has 7 heteroatoms. The van der Waals surface area contributed by atoms with Gasteiger partial charge in [-0.2, -0.15) is 0 Å². The first-order chi connectivity index (χ1) is 13.4. The molecule has 4 amide bonds. The molecule has 3 rings (SSSR count). The van der Waals surface area contributed by atoms with Gasteiger partial charge in [0.25, 0.3) is 5.91 Å². The lowest BCUT2D eigenvalue weighted by Gasteiger charge is -2.15. The van der Waals surface area contributed by atoms with Gasteiger partial charge in [0, 0.05) is 0 Å². The highest BCUT2D eigenvalue weighted by molar-refractivity contribution is 6.08. The Bertz CT molecular complexity index is 867. The number of carbonyl (C=O) groups excluding carboxylic acids is 3. The van der Waals surface area contributed by atoms with Crippen molar-refractivity contribution in [2.24, 2.45) is 5.92 Å². The van der Waals surface area contributed by atoms with Crippen LogP contribution in [0.15, 0.2) is 54.6 Å². The predicted octanol–water partition coefficient (Wildman–Crippen LogP) is 3.38. The minimum atomic E-state index is -0.575. The van der Waals surface area contributed by atoms with E-state index in [1.165, 1.54) is 0 Å². The summed E-state index contributed by atoms with van der Waals surface area (Å²) in [6.45, 7) is 3.59. The van der Waals surface area contributed by atoms with Crippen LogP contribution in [0.4, 0.5) is 10.5 Å². The molecule has 0 bridgehead atoms. The molecule has 0 unspecified atom stereocenters. The Morgan fingerprint density at radius 3 is 2.50 bits per heavy atom. The largest absolute Gasteiger partial charge is 0.455 e. The normalized spacial score (nSPS) is 16.2. The Morgan fingerprint density at radius 1 is 1.11 bits per heavy atom. The number of amides is 4. The summed E-state index contributed by atoms with van der Waals surface area (Å²) in [6, 6.07) is 15.1. The van der Waals surface area contributed by atoms with Crippen LogP contribution in [-0.4, -0.2) is 35.3 Å². The van der Waals surface area contributed by atoms with Crippen molar-refractivity contribution >= 4 is 23.5 Å². The van der Waals surface area contributed by atoms with Gasteiger partial charge in [0.1, 0.15) is 18.3 Å². The molecule has 28 heavy (non-hydrogen) atoms. The molecule has 0 aromatic heterocycles. The number of hydrogen-bond acceptors (Lipinski definition) is 4. The molecule has 2 aromatic rings. The van der Waals surface area contributed by atoms with Gasteiger partial charge in [-0.1, -0.05) is 44.2 Å². The first kappa shape index (κ1) is 19.4. The van der Waals surface area contributed by atoms with E-state index in [2.05, 4.69) is 10.6 Å². The third-order valence-corrected chi connectivity index (χ3v) is 4.25. The van der Waals surface area contributed by atoms with Gasteiger partial charge in [0.15, 0.2) is 5.75 Å². The van der Waals surface area contributed by atoms with Gasteiger partial charge in [0.2, 0.25) is 5.91 Å². The quantitative estimate of drug-likeness (QED) is 0.720. The maximum atomic E-state index is 12.5. The number of carbonyl (C=O) groups is 3. The Morgan fingerprint density at radius 2 is 1.79 bits per heavy atom. The van der Waals surface area contributed by atoms with Gasteiger partial charge < -0.3 is 15.4 Å². The van der Waals surface area contributed by atoms with Gasteiger partial charge >= 0.3 is 6.03 Å². The molecule has 7 nitrogen and oxygen atoms in total. The zero-order chi connectivity index (χ0) is 20.1. The van der Waals surface area contributed by atoms with Crippen LogP contribution in [-0.2, 0) is 9.59 Å². The van der Waals surface area contributed by atoms with E-state index in [0.717, 1.165) is 4.90 Å². The molecule has 1 heterocycles. The first-order valence-electron chi connectivity index (χ1n) is 9.17. The van der Waals surface area contributed by atoms with Crippen molar-refractivity contribution in [2.45, 2.75) is 26.3 Å². The number of rotatable bonds is 7. The lowest BCUT2D eigenvalue weighted by Crippen LogP contribution is -2.38. The van der Waals surface area contributed by atoms with Crippen LogP contribution in [0.3, 0.4) is 0 Å². The van der Waals surface area contributed by atoms with Crippen molar-refractivity contribution in [2.75, 3.05) is 11.9 Å². The maximum Gasteiger partial charge on any atom is 0.325 e. The number of ether oxygens (including phenoxy) is 1. The zero-order valence-electron chi connectivity index (χ0n) is 15.8. The lowest BCUT2D eigenvalue weighted by molar-refractivity contribution is -0.131. The molecule has 1 aliphatic heterocycles. The molecule has 0 saturated carbocycles. The molecule has 1 aliphatic rings. The number of benzene rings is 2. The molecule has 1 atom stereocenters. The summed E-state index contributed by atoms with van der Waals surface area (Å²) in [5, 5.41) is 5.35. The number of urea groups is 1. The molecule has 2 N–H and O–H groups in total. The fourth-order valence-corrected chi connectivity index (χ4v) is 2.97. The SMILES string of the molecule is CC(C)C[C@@H]1NC(=O)N(CC(=O)Nc2ccccc2Oc2ccccc2)C1=O. The highest BCUT2D eigenvalue weighted by Gasteiger charge is 2.39. The van der Waals surface area contributed by atoms with Crippen LogP contribution in [0.2, 0.25) is 0 Å². The topological polar surface area (TPSA) is 87.7 Å². The van der Waals surface area contributed by atoms with Crippen molar-refractivity contribution < 1.29 is 19.1 Å². The molecule has 0 spiro atoms. The Kier molecular flexibility index (Phi) is 5.93. The number of nitrogens with one attached hydrogen (secondary N) is 2. The molecule has 1 fully saturated rings. The maximum absolute atomic E-state index is 12.5. The third-order valence-electron chi connectivity index (χ3n) is 4.25. The monoisotopic (exact) mass is 381 g/mol. The van der Waals surface area contributed by atoms with Crippen LogP contribution in [0, 0.1) is 5.92 Å². The second kappa shape index (κ2) is 8.56. The number of imide groups is 1. The van der Waals surface area contributed by atoms with Gasteiger partial charge in [-0.05, 0) is 36.6 Å². The Balaban J connectivity index is 1.66. The Hall–Kier alpha value is -3.35. The summed E-state index contributed by atoms with van der Waals surface area (Å²) < 4.78 is 5.81. The van der Waals surface area contributed by atoms with E-state index in [9.17, 15) is 14.4 Å². The number of anilines is 1. The molecule has 0 aliphatic carbocycles. The molecule has 0 radical (unpaired) electrons. The minimum absolute atomic E-state index is 0.255. The van der Waals surface area contributed by atoms with E-state index in [1.807, 2.05) is 32.0 Å². The fraction of sp³-hybridized carbons (Fsp3) is 0.286. The molecular weight excluding hydrogens is 358 g/mol. The van der Waals surface area contributed by atoms with Crippen LogP contribution in [0.1, 0.15) is 20.3 Å². The zero-order valence-corrected chi connectivity index (χ0v) is 15.8. The molecule has 2 aromatic carbocycles. The average molecular weight is 381 g/mol. The van der Waals surface area contributed by atoms with Crippen molar-refractivity contribution in [3.8, 4) is 11.5 Å².